The van der Waals surface area contributed by atoms with Gasteiger partial charge in [-0.1, -0.05) is 0 Å². The quantitative estimate of drug-likeness (QED) is 0.509. The predicted octanol–water partition coefficient (Wildman–Crippen LogP) is 2.85. The van der Waals surface area contributed by atoms with Gasteiger partial charge in [-0.2, -0.15) is 0 Å². The first kappa shape index (κ1) is 17.2. The Kier molecular flexibility index (Phi) is 3.57. The maximum Gasteiger partial charge on any atom is 0.355 e. The molecule has 0 spiro atoms. The molecule has 0 atom stereocenters. The molecule has 5 rings (SSSR count). The van der Waals surface area contributed by atoms with Crippen molar-refractivity contribution in [1.82, 2.24) is 4.57 Å². The third kappa shape index (κ3) is 2.46. The number of hydrogen-bond donors (Lipinski definition) is 2. The number of nitrogens with zero attached hydrogens (tertiary/aromatic N) is 1. The lowest BCUT2D eigenvalue weighted by Gasteiger charge is -2.16. The number of allylic oxidation sites excluding steroid dienone is 1. The molecule has 146 valence electrons. The summed E-state index contributed by atoms with van der Waals surface area (Å²) in [6.45, 7) is 0.739. The van der Waals surface area contributed by atoms with Crippen molar-refractivity contribution < 1.29 is 34.0 Å². The van der Waals surface area contributed by atoms with Crippen molar-refractivity contribution in [3.63, 3.8) is 0 Å². The molecule has 0 bridgehead atoms. The summed E-state index contributed by atoms with van der Waals surface area (Å²) in [6, 6.07) is 7.73. The maximum atomic E-state index is 12.8. The minimum Gasteiger partial charge on any atom is -0.508 e. The number of fused-ring (bicyclic) bond motifs is 4. The number of ether oxygens (including phenoxy) is 3. The summed E-state index contributed by atoms with van der Waals surface area (Å²) in [6.07, 6.45) is 1.46. The third-order valence-electron chi connectivity index (χ3n) is 5.06. The van der Waals surface area contributed by atoms with Gasteiger partial charge in [0.25, 0.3) is 0 Å². The fourth-order valence-corrected chi connectivity index (χ4v) is 3.79. The average Bonchev–Trinajstić information content (AvgIpc) is 3.17. The van der Waals surface area contributed by atoms with Gasteiger partial charge in [0.15, 0.2) is 5.76 Å². The number of aromatic hydroxyl groups is 2. The number of carbonyl (C=O) groups excluding carboxylic acids is 2. The summed E-state index contributed by atoms with van der Waals surface area (Å²) in [7, 11) is 1.54. The first-order valence-electron chi connectivity index (χ1n) is 8.85. The van der Waals surface area contributed by atoms with E-state index in [0.717, 1.165) is 11.6 Å². The molecule has 0 saturated heterocycles. The van der Waals surface area contributed by atoms with Crippen LogP contribution in [-0.4, -0.2) is 40.2 Å². The Bertz CT molecular complexity index is 1250. The maximum absolute atomic E-state index is 12.8. The van der Waals surface area contributed by atoms with Gasteiger partial charge in [-0.3, -0.25) is 4.79 Å². The van der Waals surface area contributed by atoms with Crippen LogP contribution in [-0.2, 0) is 11.3 Å². The number of methoxy groups -OCH3 is 1. The van der Waals surface area contributed by atoms with Gasteiger partial charge in [0.2, 0.25) is 5.78 Å². The van der Waals surface area contributed by atoms with E-state index in [1.54, 1.807) is 19.2 Å². The monoisotopic (exact) mass is 393 g/mol. The van der Waals surface area contributed by atoms with E-state index in [9.17, 15) is 19.8 Å². The number of hydrogen-bond acceptors (Lipinski definition) is 7. The van der Waals surface area contributed by atoms with Crippen LogP contribution in [0.25, 0.3) is 17.0 Å². The Morgan fingerprint density at radius 2 is 2.00 bits per heavy atom. The highest BCUT2D eigenvalue weighted by Gasteiger charge is 2.33. The zero-order valence-electron chi connectivity index (χ0n) is 15.3. The van der Waals surface area contributed by atoms with Crippen molar-refractivity contribution >= 4 is 28.7 Å². The molecule has 2 aromatic carbocycles. The zero-order chi connectivity index (χ0) is 20.3. The molecule has 8 nitrogen and oxygen atoms in total. The smallest absolute Gasteiger partial charge is 0.355 e. The van der Waals surface area contributed by atoms with Gasteiger partial charge in [0.05, 0.1) is 13.7 Å². The van der Waals surface area contributed by atoms with Crippen LogP contribution >= 0.6 is 0 Å². The van der Waals surface area contributed by atoms with E-state index in [1.807, 2.05) is 10.6 Å². The van der Waals surface area contributed by atoms with Crippen LogP contribution in [0.3, 0.4) is 0 Å². The first-order chi connectivity index (χ1) is 14.0. The summed E-state index contributed by atoms with van der Waals surface area (Å²) in [5, 5.41) is 20.4. The second-order valence-electron chi connectivity index (χ2n) is 6.71. The van der Waals surface area contributed by atoms with Crippen LogP contribution in [0.4, 0.5) is 0 Å². The highest BCUT2D eigenvalue weighted by atomic mass is 16.5. The predicted molar refractivity (Wildman–Crippen MR) is 101 cm³/mol. The van der Waals surface area contributed by atoms with Crippen LogP contribution < -0.4 is 9.47 Å². The molecule has 0 radical (unpaired) electrons. The van der Waals surface area contributed by atoms with Gasteiger partial charge < -0.3 is 29.0 Å². The Balaban J connectivity index is 1.74. The van der Waals surface area contributed by atoms with Crippen LogP contribution in [0.2, 0.25) is 0 Å². The van der Waals surface area contributed by atoms with E-state index in [0.29, 0.717) is 28.9 Å². The number of esters is 1. The van der Waals surface area contributed by atoms with Crippen LogP contribution in [0.5, 0.6) is 23.0 Å². The summed E-state index contributed by atoms with van der Waals surface area (Å²) in [4.78, 5) is 25.3. The summed E-state index contributed by atoms with van der Waals surface area (Å²) in [5.74, 6) is -1.07. The van der Waals surface area contributed by atoms with E-state index in [-0.39, 0.29) is 35.2 Å². The Morgan fingerprint density at radius 1 is 1.17 bits per heavy atom. The first-order valence-corrected chi connectivity index (χ1v) is 8.85. The van der Waals surface area contributed by atoms with E-state index in [4.69, 9.17) is 14.2 Å². The van der Waals surface area contributed by atoms with Gasteiger partial charge in [-0.05, 0) is 24.3 Å². The highest BCUT2D eigenvalue weighted by Crippen LogP contribution is 2.42. The third-order valence-corrected chi connectivity index (χ3v) is 5.06. The van der Waals surface area contributed by atoms with Gasteiger partial charge in [0, 0.05) is 28.6 Å². The average molecular weight is 393 g/mol. The molecule has 2 aliphatic rings. The second kappa shape index (κ2) is 6.03. The van der Waals surface area contributed by atoms with E-state index >= 15 is 0 Å². The van der Waals surface area contributed by atoms with Crippen molar-refractivity contribution in [3.05, 3.63) is 52.9 Å². The summed E-state index contributed by atoms with van der Waals surface area (Å²) >= 11 is 0. The van der Waals surface area contributed by atoms with Gasteiger partial charge in [-0.15, -0.1) is 0 Å². The number of phenols is 2. The molecule has 0 saturated carbocycles. The Morgan fingerprint density at radius 3 is 2.79 bits per heavy atom. The van der Waals surface area contributed by atoms with Crippen molar-refractivity contribution in [2.75, 3.05) is 13.7 Å². The molecule has 3 aromatic rings. The number of Topliss-reactive ketones (excluding diaryl/α,β-unsaturated/α-hetero) is 1. The molecule has 2 aliphatic heterocycles. The molecular weight excluding hydrogens is 378 g/mol. The summed E-state index contributed by atoms with van der Waals surface area (Å²) in [5.41, 5.74) is 1.54. The lowest BCUT2D eigenvalue weighted by Crippen LogP contribution is -2.23. The number of ketones is 1. The summed E-state index contributed by atoms with van der Waals surface area (Å²) < 4.78 is 17.9. The fourth-order valence-electron chi connectivity index (χ4n) is 3.79. The van der Waals surface area contributed by atoms with Gasteiger partial charge in [-0.25, -0.2) is 4.79 Å². The SMILES string of the molecule is COc1ccc2c(c1)c(C=C1Oc3cc(O)cc(O)c3C1=O)c1n2CCOC1=O. The number of phenolic OH excluding ortho intramolecular Hbond substituents is 2. The molecule has 29 heavy (non-hydrogen) atoms. The minimum absolute atomic E-state index is 0.0356. The standard InChI is InChI=1S/C21H15NO7/c1-27-11-2-3-14-12(8-11)13(19-21(26)28-5-4-22(14)19)9-17-20(25)18-15(24)6-10(23)7-16(18)29-17/h2-3,6-9,23-24H,4-5H2,1H3. The molecule has 0 fully saturated rings. The Hall–Kier alpha value is -3.94. The van der Waals surface area contributed by atoms with Crippen molar-refractivity contribution in [2.45, 2.75) is 6.54 Å². The minimum atomic E-state index is -0.544. The molecular formula is C21H15NO7. The van der Waals surface area contributed by atoms with Crippen LogP contribution in [0.1, 0.15) is 26.4 Å². The van der Waals surface area contributed by atoms with Crippen LogP contribution in [0.15, 0.2) is 36.1 Å². The molecule has 1 aromatic heterocycles. The van der Waals surface area contributed by atoms with Crippen LogP contribution in [0, 0.1) is 0 Å². The molecule has 3 heterocycles. The number of cyclic esters (lactones) is 1. The van der Waals surface area contributed by atoms with Gasteiger partial charge in [0.1, 0.15) is 40.9 Å². The second-order valence-corrected chi connectivity index (χ2v) is 6.71. The van der Waals surface area contributed by atoms with E-state index in [1.165, 1.54) is 12.1 Å². The zero-order valence-corrected chi connectivity index (χ0v) is 15.3. The topological polar surface area (TPSA) is 107 Å². The molecule has 2 N–H and O–H groups in total. The van der Waals surface area contributed by atoms with Crippen molar-refractivity contribution in [2.24, 2.45) is 0 Å². The number of aromatic nitrogens is 1. The Labute approximate surface area is 164 Å². The largest absolute Gasteiger partial charge is 0.508 e. The van der Waals surface area contributed by atoms with Gasteiger partial charge >= 0.3 is 5.97 Å². The molecule has 8 heteroatoms. The highest BCUT2D eigenvalue weighted by molar-refractivity contribution is 6.17. The van der Waals surface area contributed by atoms with Crippen molar-refractivity contribution in [3.8, 4) is 23.0 Å². The fraction of sp³-hybridized carbons (Fsp3) is 0.143. The van der Waals surface area contributed by atoms with Crippen molar-refractivity contribution in [1.29, 1.82) is 0 Å². The normalized spacial score (nSPS) is 16.5. The molecule has 0 unspecified atom stereocenters. The number of carbonyl (C=O) groups is 2. The number of benzene rings is 2. The lowest BCUT2D eigenvalue weighted by molar-refractivity contribution is 0.0425. The molecule has 0 amide bonds. The number of rotatable bonds is 2. The molecule has 0 aliphatic carbocycles. The van der Waals surface area contributed by atoms with E-state index in [2.05, 4.69) is 0 Å². The lowest BCUT2D eigenvalue weighted by atomic mass is 10.1. The van der Waals surface area contributed by atoms with E-state index < -0.39 is 11.8 Å².